The highest BCUT2D eigenvalue weighted by Gasteiger charge is 2.13. The molecule has 0 bridgehead atoms. The lowest BCUT2D eigenvalue weighted by Crippen LogP contribution is -2.31. The normalized spacial score (nSPS) is 9.94. The Morgan fingerprint density at radius 3 is 2.72 bits per heavy atom. The fraction of sp³-hybridized carbons (Fsp3) is 0.333. The molecule has 1 aromatic carbocycles. The third-order valence-electron chi connectivity index (χ3n) is 2.21. The van der Waals surface area contributed by atoms with Crippen molar-refractivity contribution in [2.75, 3.05) is 13.1 Å². The molecule has 0 atom stereocenters. The van der Waals surface area contributed by atoms with E-state index < -0.39 is 11.7 Å². The van der Waals surface area contributed by atoms with Crippen molar-refractivity contribution in [3.63, 3.8) is 0 Å². The molecule has 0 aliphatic carbocycles. The maximum absolute atomic E-state index is 13.6. The van der Waals surface area contributed by atoms with Gasteiger partial charge in [0.15, 0.2) is 0 Å². The van der Waals surface area contributed by atoms with E-state index in [-0.39, 0.29) is 28.9 Å². The summed E-state index contributed by atoms with van der Waals surface area (Å²) in [6, 6.07) is 4.48. The summed E-state index contributed by atoms with van der Waals surface area (Å²) in [5.74, 6) is -1.28. The lowest BCUT2D eigenvalue weighted by Gasteiger charge is -2.06. The zero-order valence-electron chi connectivity index (χ0n) is 9.93. The molecule has 0 aliphatic rings. The predicted molar refractivity (Wildman–Crippen MR) is 69.7 cm³/mol. The topological polar surface area (TPSA) is 58.2 Å². The van der Waals surface area contributed by atoms with E-state index in [9.17, 15) is 14.0 Å². The summed E-state index contributed by atoms with van der Waals surface area (Å²) in [6.45, 7) is 2.54. The van der Waals surface area contributed by atoms with Gasteiger partial charge in [0.2, 0.25) is 5.91 Å². The quantitative estimate of drug-likeness (QED) is 0.871. The van der Waals surface area contributed by atoms with Crippen molar-refractivity contribution in [3.05, 3.63) is 34.1 Å². The molecule has 0 unspecified atom stereocenters. The van der Waals surface area contributed by atoms with Gasteiger partial charge in [0.1, 0.15) is 5.82 Å². The first-order chi connectivity index (χ1) is 8.56. The number of amides is 2. The van der Waals surface area contributed by atoms with Gasteiger partial charge in [0.25, 0.3) is 5.91 Å². The molecule has 0 aliphatic heterocycles. The minimum atomic E-state index is -0.604. The lowest BCUT2D eigenvalue weighted by molar-refractivity contribution is -0.120. The molecule has 0 saturated carbocycles. The first kappa shape index (κ1) is 14.6. The van der Waals surface area contributed by atoms with Gasteiger partial charge in [-0.05, 0) is 35.0 Å². The van der Waals surface area contributed by atoms with Gasteiger partial charge in [-0.25, -0.2) is 4.39 Å². The Kier molecular flexibility index (Phi) is 5.77. The van der Waals surface area contributed by atoms with Crippen LogP contribution in [0, 0.1) is 5.82 Å². The number of carbonyl (C=O) groups is 2. The van der Waals surface area contributed by atoms with Crippen LogP contribution in [0.15, 0.2) is 22.7 Å². The lowest BCUT2D eigenvalue weighted by atomic mass is 10.2. The molecule has 4 nitrogen and oxygen atoms in total. The molecule has 0 spiro atoms. The Morgan fingerprint density at radius 1 is 1.33 bits per heavy atom. The van der Waals surface area contributed by atoms with Crippen molar-refractivity contribution in [2.24, 2.45) is 0 Å². The first-order valence-corrected chi connectivity index (χ1v) is 6.34. The van der Waals surface area contributed by atoms with E-state index in [1.165, 1.54) is 12.1 Å². The van der Waals surface area contributed by atoms with E-state index in [4.69, 9.17) is 0 Å². The van der Waals surface area contributed by atoms with E-state index in [2.05, 4.69) is 26.6 Å². The predicted octanol–water partition coefficient (Wildman–Crippen LogP) is 1.84. The average Bonchev–Trinajstić information content (AvgIpc) is 2.33. The SMILES string of the molecule is CCNC(=O)CCNC(=O)c1cccc(Br)c1F. The fourth-order valence-electron chi connectivity index (χ4n) is 1.35. The van der Waals surface area contributed by atoms with E-state index in [0.717, 1.165) is 0 Å². The molecule has 1 rings (SSSR count). The van der Waals surface area contributed by atoms with Gasteiger partial charge in [-0.3, -0.25) is 9.59 Å². The van der Waals surface area contributed by atoms with Crippen LogP contribution in [0.4, 0.5) is 4.39 Å². The Morgan fingerprint density at radius 2 is 2.06 bits per heavy atom. The smallest absolute Gasteiger partial charge is 0.254 e. The van der Waals surface area contributed by atoms with E-state index >= 15 is 0 Å². The van der Waals surface area contributed by atoms with Crippen molar-refractivity contribution < 1.29 is 14.0 Å². The molecule has 2 N–H and O–H groups in total. The molecule has 6 heteroatoms. The highest BCUT2D eigenvalue weighted by atomic mass is 79.9. The van der Waals surface area contributed by atoms with Crippen molar-refractivity contribution in [1.82, 2.24) is 10.6 Å². The molecule has 18 heavy (non-hydrogen) atoms. The summed E-state index contributed by atoms with van der Waals surface area (Å²) in [4.78, 5) is 22.8. The second kappa shape index (κ2) is 7.10. The molecule has 98 valence electrons. The Labute approximate surface area is 113 Å². The zero-order valence-corrected chi connectivity index (χ0v) is 11.5. The van der Waals surface area contributed by atoms with Gasteiger partial charge >= 0.3 is 0 Å². The minimum absolute atomic E-state index is 0.0414. The minimum Gasteiger partial charge on any atom is -0.356 e. The summed E-state index contributed by atoms with van der Waals surface area (Å²) < 4.78 is 13.8. The Balaban J connectivity index is 2.51. The van der Waals surface area contributed by atoms with Crippen LogP contribution in [-0.2, 0) is 4.79 Å². The maximum Gasteiger partial charge on any atom is 0.254 e. The number of halogens is 2. The first-order valence-electron chi connectivity index (χ1n) is 5.55. The third-order valence-corrected chi connectivity index (χ3v) is 2.82. The van der Waals surface area contributed by atoms with Crippen molar-refractivity contribution in [2.45, 2.75) is 13.3 Å². The van der Waals surface area contributed by atoms with E-state index in [1.807, 2.05) is 6.92 Å². The number of nitrogens with one attached hydrogen (secondary N) is 2. The molecule has 0 aromatic heterocycles. The third kappa shape index (κ3) is 4.10. The standard InChI is InChI=1S/C12H14BrFN2O2/c1-2-15-10(17)6-7-16-12(18)8-4-3-5-9(13)11(8)14/h3-5H,2,6-7H2,1H3,(H,15,17)(H,16,18). The second-order valence-electron chi connectivity index (χ2n) is 3.56. The number of rotatable bonds is 5. The molecular weight excluding hydrogens is 303 g/mol. The van der Waals surface area contributed by atoms with Gasteiger partial charge in [-0.2, -0.15) is 0 Å². The molecule has 2 amide bonds. The highest BCUT2D eigenvalue weighted by molar-refractivity contribution is 9.10. The van der Waals surface area contributed by atoms with Crippen LogP contribution in [0.25, 0.3) is 0 Å². The number of hydrogen-bond acceptors (Lipinski definition) is 2. The van der Waals surface area contributed by atoms with Crippen LogP contribution < -0.4 is 10.6 Å². The van der Waals surface area contributed by atoms with Gasteiger partial charge < -0.3 is 10.6 Å². The summed E-state index contributed by atoms with van der Waals surface area (Å²) in [7, 11) is 0. The van der Waals surface area contributed by atoms with Crippen LogP contribution in [0.1, 0.15) is 23.7 Å². The Bertz CT molecular complexity index is 452. The Hall–Kier alpha value is -1.43. The monoisotopic (exact) mass is 316 g/mol. The summed E-state index contributed by atoms with van der Waals surface area (Å²) >= 11 is 3.01. The summed E-state index contributed by atoms with van der Waals surface area (Å²) in [6.07, 6.45) is 0.176. The van der Waals surface area contributed by atoms with Gasteiger partial charge in [0.05, 0.1) is 10.0 Å². The van der Waals surface area contributed by atoms with Crippen LogP contribution in [0.5, 0.6) is 0 Å². The molecule has 0 heterocycles. The maximum atomic E-state index is 13.6. The van der Waals surface area contributed by atoms with Crippen LogP contribution >= 0.6 is 15.9 Å². The van der Waals surface area contributed by atoms with Crippen molar-refractivity contribution >= 4 is 27.7 Å². The summed E-state index contributed by atoms with van der Waals surface area (Å²) in [5.41, 5.74) is -0.0414. The van der Waals surface area contributed by atoms with E-state index in [1.54, 1.807) is 6.07 Å². The number of benzene rings is 1. The molecule has 0 saturated heterocycles. The van der Waals surface area contributed by atoms with Crippen LogP contribution in [0.2, 0.25) is 0 Å². The highest BCUT2D eigenvalue weighted by Crippen LogP contribution is 2.18. The molecule has 0 fully saturated rings. The van der Waals surface area contributed by atoms with Gasteiger partial charge in [-0.1, -0.05) is 6.07 Å². The molecule has 0 radical (unpaired) electrons. The second-order valence-corrected chi connectivity index (χ2v) is 4.42. The number of carbonyl (C=O) groups excluding carboxylic acids is 2. The fourth-order valence-corrected chi connectivity index (χ4v) is 1.72. The van der Waals surface area contributed by atoms with Crippen molar-refractivity contribution in [3.8, 4) is 0 Å². The summed E-state index contributed by atoms with van der Waals surface area (Å²) in [5, 5.41) is 5.10. The zero-order chi connectivity index (χ0) is 13.5. The molecular formula is C12H14BrFN2O2. The largest absolute Gasteiger partial charge is 0.356 e. The van der Waals surface area contributed by atoms with Gasteiger partial charge in [-0.15, -0.1) is 0 Å². The van der Waals surface area contributed by atoms with Crippen LogP contribution in [-0.4, -0.2) is 24.9 Å². The average molecular weight is 317 g/mol. The van der Waals surface area contributed by atoms with Crippen molar-refractivity contribution in [1.29, 1.82) is 0 Å². The molecule has 1 aromatic rings. The van der Waals surface area contributed by atoms with Gasteiger partial charge in [0, 0.05) is 19.5 Å². The van der Waals surface area contributed by atoms with E-state index in [0.29, 0.717) is 6.54 Å². The number of hydrogen-bond donors (Lipinski definition) is 2. The van der Waals surface area contributed by atoms with Crippen LogP contribution in [0.3, 0.4) is 0 Å².